The third-order valence-corrected chi connectivity index (χ3v) is 5.46. The number of rotatable bonds is 4. The summed E-state index contributed by atoms with van der Waals surface area (Å²) in [4.78, 5) is 0.130. The first kappa shape index (κ1) is 14.5. The van der Waals surface area contributed by atoms with Crippen molar-refractivity contribution in [2.45, 2.75) is 37.3 Å². The molecule has 0 spiro atoms. The second kappa shape index (κ2) is 5.62. The van der Waals surface area contributed by atoms with Gasteiger partial charge in [-0.3, -0.25) is 0 Å². The van der Waals surface area contributed by atoms with Crippen molar-refractivity contribution in [3.63, 3.8) is 0 Å². The maximum Gasteiger partial charge on any atom is 0.246 e. The molecule has 1 N–H and O–H groups in total. The summed E-state index contributed by atoms with van der Waals surface area (Å²) >= 11 is 0. The van der Waals surface area contributed by atoms with Crippen LogP contribution in [-0.2, 0) is 21.4 Å². The Morgan fingerprint density at radius 3 is 2.58 bits per heavy atom. The van der Waals surface area contributed by atoms with Crippen molar-refractivity contribution in [1.82, 2.24) is 4.31 Å². The lowest BCUT2D eigenvalue weighted by molar-refractivity contribution is 0.0632. The molecule has 0 saturated carbocycles. The first-order valence-corrected chi connectivity index (χ1v) is 7.66. The highest BCUT2D eigenvalue weighted by Crippen LogP contribution is 2.26. The van der Waals surface area contributed by atoms with Crippen LogP contribution in [0.3, 0.4) is 0 Å². The summed E-state index contributed by atoms with van der Waals surface area (Å²) in [6.07, 6.45) is 1.39. The van der Waals surface area contributed by atoms with E-state index in [1.165, 1.54) is 10.4 Å². The zero-order valence-corrected chi connectivity index (χ0v) is 11.9. The zero-order valence-electron chi connectivity index (χ0n) is 11.1. The molecular formula is C12H19NO5S. The minimum absolute atomic E-state index is 0.0503. The molecule has 7 heteroatoms. The molecule has 1 aliphatic rings. The highest BCUT2D eigenvalue weighted by Gasteiger charge is 2.32. The van der Waals surface area contributed by atoms with E-state index in [1.54, 1.807) is 14.0 Å². The van der Waals surface area contributed by atoms with Crippen LogP contribution in [0.4, 0.5) is 0 Å². The van der Waals surface area contributed by atoms with Gasteiger partial charge in [0.15, 0.2) is 0 Å². The second-order valence-corrected chi connectivity index (χ2v) is 6.62. The SMILES string of the molecule is Cc1oc(CO)cc1S(=O)(=O)N(C)C1CCOCC1. The van der Waals surface area contributed by atoms with Crippen LogP contribution in [0.5, 0.6) is 0 Å². The topological polar surface area (TPSA) is 80.0 Å². The summed E-state index contributed by atoms with van der Waals surface area (Å²) in [5.74, 6) is 0.569. The van der Waals surface area contributed by atoms with Crippen molar-refractivity contribution in [3.8, 4) is 0 Å². The van der Waals surface area contributed by atoms with E-state index in [9.17, 15) is 8.42 Å². The van der Waals surface area contributed by atoms with E-state index >= 15 is 0 Å². The van der Waals surface area contributed by atoms with Gasteiger partial charge in [-0.2, -0.15) is 4.31 Å². The van der Waals surface area contributed by atoms with Gasteiger partial charge in [0.2, 0.25) is 10.0 Å². The van der Waals surface area contributed by atoms with E-state index in [-0.39, 0.29) is 23.3 Å². The van der Waals surface area contributed by atoms with Crippen LogP contribution in [0.15, 0.2) is 15.4 Å². The molecule has 0 aromatic carbocycles. The van der Waals surface area contributed by atoms with Crippen LogP contribution in [0, 0.1) is 6.92 Å². The summed E-state index contributed by atoms with van der Waals surface area (Å²) in [5.41, 5.74) is 0. The molecule has 2 rings (SSSR count). The van der Waals surface area contributed by atoms with E-state index in [1.807, 2.05) is 0 Å². The summed E-state index contributed by atoms with van der Waals surface area (Å²) < 4.78 is 36.9. The number of furan rings is 1. The van der Waals surface area contributed by atoms with E-state index < -0.39 is 10.0 Å². The molecule has 0 aliphatic carbocycles. The first-order chi connectivity index (χ1) is 8.96. The van der Waals surface area contributed by atoms with Crippen LogP contribution in [0.2, 0.25) is 0 Å². The summed E-state index contributed by atoms with van der Waals surface area (Å²) in [6, 6.07) is 1.34. The fourth-order valence-electron chi connectivity index (χ4n) is 2.26. The summed E-state index contributed by atoms with van der Waals surface area (Å²) in [5, 5.41) is 9.01. The van der Waals surface area contributed by atoms with E-state index in [2.05, 4.69) is 0 Å². The van der Waals surface area contributed by atoms with Gasteiger partial charge < -0.3 is 14.3 Å². The number of sulfonamides is 1. The Hall–Kier alpha value is -0.890. The van der Waals surface area contributed by atoms with Gasteiger partial charge in [0.05, 0.1) is 0 Å². The van der Waals surface area contributed by atoms with Crippen LogP contribution in [-0.4, -0.2) is 44.1 Å². The van der Waals surface area contributed by atoms with Gasteiger partial charge in [0, 0.05) is 32.4 Å². The average molecular weight is 289 g/mol. The van der Waals surface area contributed by atoms with E-state index in [4.69, 9.17) is 14.3 Å². The van der Waals surface area contributed by atoms with E-state index in [0.29, 0.717) is 31.8 Å². The molecule has 0 unspecified atom stereocenters. The first-order valence-electron chi connectivity index (χ1n) is 6.22. The van der Waals surface area contributed by atoms with Gasteiger partial charge in [-0.1, -0.05) is 0 Å². The smallest absolute Gasteiger partial charge is 0.246 e. The van der Waals surface area contributed by atoms with Crippen LogP contribution >= 0.6 is 0 Å². The third kappa shape index (κ3) is 2.84. The maximum absolute atomic E-state index is 12.5. The van der Waals surface area contributed by atoms with Crippen LogP contribution < -0.4 is 0 Å². The maximum atomic E-state index is 12.5. The third-order valence-electron chi connectivity index (χ3n) is 3.44. The molecule has 1 aliphatic heterocycles. The molecule has 0 atom stereocenters. The molecule has 108 valence electrons. The molecule has 1 saturated heterocycles. The molecular weight excluding hydrogens is 270 g/mol. The van der Waals surface area contributed by atoms with Gasteiger partial charge in [-0.05, 0) is 19.8 Å². The highest BCUT2D eigenvalue weighted by atomic mass is 32.2. The van der Waals surface area contributed by atoms with Gasteiger partial charge in [-0.25, -0.2) is 8.42 Å². The number of nitrogens with zero attached hydrogens (tertiary/aromatic N) is 1. The van der Waals surface area contributed by atoms with Gasteiger partial charge in [0.1, 0.15) is 23.0 Å². The Morgan fingerprint density at radius 1 is 1.42 bits per heavy atom. The Morgan fingerprint density at radius 2 is 2.05 bits per heavy atom. The standard InChI is InChI=1S/C12H19NO5S/c1-9-12(7-11(8-14)18-9)19(15,16)13(2)10-3-5-17-6-4-10/h7,10,14H,3-6,8H2,1-2H3. The molecule has 1 fully saturated rings. The normalized spacial score (nSPS) is 18.1. The molecule has 0 amide bonds. The predicted molar refractivity (Wildman–Crippen MR) is 68.2 cm³/mol. The average Bonchev–Trinajstić information content (AvgIpc) is 2.81. The van der Waals surface area contributed by atoms with Gasteiger partial charge >= 0.3 is 0 Å². The largest absolute Gasteiger partial charge is 0.462 e. The van der Waals surface area contributed by atoms with Crippen molar-refractivity contribution in [3.05, 3.63) is 17.6 Å². The van der Waals surface area contributed by atoms with Crippen LogP contribution in [0.25, 0.3) is 0 Å². The molecule has 19 heavy (non-hydrogen) atoms. The molecule has 1 aromatic heterocycles. The Labute approximate surface area is 113 Å². The molecule has 2 heterocycles. The number of hydrogen-bond acceptors (Lipinski definition) is 5. The van der Waals surface area contributed by atoms with E-state index in [0.717, 1.165) is 0 Å². The lowest BCUT2D eigenvalue weighted by Crippen LogP contribution is -2.40. The van der Waals surface area contributed by atoms with Gasteiger partial charge in [0.25, 0.3) is 0 Å². The quantitative estimate of drug-likeness (QED) is 0.890. The molecule has 6 nitrogen and oxygen atoms in total. The number of hydrogen-bond donors (Lipinski definition) is 1. The monoisotopic (exact) mass is 289 g/mol. The van der Waals surface area contributed by atoms with Crippen LogP contribution in [0.1, 0.15) is 24.4 Å². The predicted octanol–water partition coefficient (Wildman–Crippen LogP) is 0.880. The van der Waals surface area contributed by atoms with Crippen molar-refractivity contribution in [2.75, 3.05) is 20.3 Å². The Balaban J connectivity index is 2.27. The lowest BCUT2D eigenvalue weighted by Gasteiger charge is -2.30. The second-order valence-electron chi connectivity index (χ2n) is 4.66. The van der Waals surface area contributed by atoms with Crippen molar-refractivity contribution in [1.29, 1.82) is 0 Å². The van der Waals surface area contributed by atoms with Gasteiger partial charge in [-0.15, -0.1) is 0 Å². The minimum Gasteiger partial charge on any atom is -0.462 e. The molecule has 0 radical (unpaired) electrons. The number of aliphatic hydroxyl groups excluding tert-OH is 1. The van der Waals surface area contributed by atoms with Crippen molar-refractivity contribution in [2.24, 2.45) is 0 Å². The number of aliphatic hydroxyl groups is 1. The van der Waals surface area contributed by atoms with Crippen molar-refractivity contribution < 1.29 is 22.7 Å². The zero-order chi connectivity index (χ0) is 14.0. The Kier molecular flexibility index (Phi) is 4.29. The summed E-state index contributed by atoms with van der Waals surface area (Å²) in [6.45, 7) is 2.44. The Bertz CT molecular complexity index is 530. The minimum atomic E-state index is -3.59. The molecule has 0 bridgehead atoms. The lowest BCUT2D eigenvalue weighted by atomic mass is 10.1. The summed E-state index contributed by atoms with van der Waals surface area (Å²) in [7, 11) is -2.01. The number of aryl methyl sites for hydroxylation is 1. The molecule has 1 aromatic rings. The number of ether oxygens (including phenoxy) is 1. The van der Waals surface area contributed by atoms with Crippen molar-refractivity contribution >= 4 is 10.0 Å². The fourth-order valence-corrected chi connectivity index (χ4v) is 3.86. The highest BCUT2D eigenvalue weighted by molar-refractivity contribution is 7.89. The fraction of sp³-hybridized carbons (Fsp3) is 0.667.